The Balaban J connectivity index is 1.46. The van der Waals surface area contributed by atoms with Gasteiger partial charge in [-0.1, -0.05) is 29.8 Å². The van der Waals surface area contributed by atoms with E-state index < -0.39 is 39.6 Å². The second-order valence-corrected chi connectivity index (χ2v) is 13.4. The summed E-state index contributed by atoms with van der Waals surface area (Å²) in [7, 11) is -4.24. The number of nitrogens with zero attached hydrogens (tertiary/aromatic N) is 4. The third kappa shape index (κ3) is 4.82. The number of hydrogen-bond donors (Lipinski definition) is 0. The molecule has 2 saturated heterocycles. The Labute approximate surface area is 242 Å². The van der Waals surface area contributed by atoms with Gasteiger partial charge >= 0.3 is 21.5 Å². The number of carbonyl (C=O) groups is 1. The lowest BCUT2D eigenvalue weighted by Gasteiger charge is -2.39. The van der Waals surface area contributed by atoms with Gasteiger partial charge in [0.15, 0.2) is 0 Å². The number of sulfonamides is 1. The summed E-state index contributed by atoms with van der Waals surface area (Å²) in [5.41, 5.74) is -2.43. The lowest BCUT2D eigenvalue weighted by atomic mass is 9.91. The zero-order chi connectivity index (χ0) is 29.1. The third-order valence-electron chi connectivity index (χ3n) is 7.89. The third-order valence-corrected chi connectivity index (χ3v) is 10.7. The first-order valence-corrected chi connectivity index (χ1v) is 15.5. The van der Waals surface area contributed by atoms with Gasteiger partial charge in [-0.15, -0.1) is 11.3 Å². The minimum atomic E-state index is -5.48. The first-order chi connectivity index (χ1) is 19.5. The van der Waals surface area contributed by atoms with Crippen LogP contribution in [0.1, 0.15) is 64.4 Å². The van der Waals surface area contributed by atoms with E-state index in [4.69, 9.17) is 16.3 Å². The van der Waals surface area contributed by atoms with Gasteiger partial charge < -0.3 is 9.30 Å². The van der Waals surface area contributed by atoms with Gasteiger partial charge in [-0.2, -0.15) is 17.5 Å². The number of rotatable bonds is 6. The van der Waals surface area contributed by atoms with Crippen LogP contribution in [0.25, 0.3) is 11.0 Å². The van der Waals surface area contributed by atoms with E-state index in [1.165, 1.54) is 18.4 Å². The molecule has 0 aliphatic carbocycles. The number of piperidine rings is 1. The van der Waals surface area contributed by atoms with Gasteiger partial charge in [0.1, 0.15) is 5.01 Å². The average Bonchev–Trinajstić information content (AvgIpc) is 3.66. The van der Waals surface area contributed by atoms with Crippen molar-refractivity contribution in [1.82, 2.24) is 18.8 Å². The average molecular weight is 625 g/mol. The second-order valence-electron chi connectivity index (χ2n) is 10.2. The molecule has 0 saturated carbocycles. The van der Waals surface area contributed by atoms with E-state index in [1.54, 1.807) is 29.0 Å². The van der Waals surface area contributed by atoms with Crippen LogP contribution in [-0.4, -0.2) is 57.9 Å². The zero-order valence-electron chi connectivity index (χ0n) is 21.6. The molecule has 4 aromatic rings. The first kappa shape index (κ1) is 28.1. The van der Waals surface area contributed by atoms with Crippen LogP contribution in [0.3, 0.4) is 0 Å². The highest BCUT2D eigenvalue weighted by Gasteiger charge is 2.58. The summed E-state index contributed by atoms with van der Waals surface area (Å²) in [6, 6.07) is 10.9. The van der Waals surface area contributed by atoms with Crippen LogP contribution in [-0.2, 0) is 14.8 Å². The lowest BCUT2D eigenvalue weighted by Crippen LogP contribution is -2.51. The molecule has 0 radical (unpaired) electrons. The Kier molecular flexibility index (Phi) is 7.12. The Morgan fingerprint density at radius 1 is 1.07 bits per heavy atom. The zero-order valence-corrected chi connectivity index (χ0v) is 24.0. The van der Waals surface area contributed by atoms with Gasteiger partial charge in [-0.25, -0.2) is 23.2 Å². The predicted molar refractivity (Wildman–Crippen MR) is 147 cm³/mol. The number of esters is 1. The summed E-state index contributed by atoms with van der Waals surface area (Å²) >= 11 is 7.63. The number of halogens is 4. The second kappa shape index (κ2) is 10.4. The number of fused-ring (bicyclic) bond motifs is 3. The number of imidazole rings is 1. The lowest BCUT2D eigenvalue weighted by molar-refractivity contribution is -0.0517. The highest BCUT2D eigenvalue weighted by molar-refractivity contribution is 7.90. The van der Waals surface area contributed by atoms with Crippen molar-refractivity contribution in [3.05, 3.63) is 81.0 Å². The van der Waals surface area contributed by atoms with Gasteiger partial charge in [-0.05, 0) is 61.1 Å². The van der Waals surface area contributed by atoms with Gasteiger partial charge in [0.25, 0.3) is 0 Å². The fraction of sp³-hybridized carbons (Fsp3) is 0.370. The van der Waals surface area contributed by atoms with Crippen LogP contribution in [0.5, 0.6) is 0 Å². The van der Waals surface area contributed by atoms with Crippen LogP contribution in [0.2, 0.25) is 5.02 Å². The number of hydrogen-bond acceptors (Lipinski definition) is 7. The highest BCUT2D eigenvalue weighted by atomic mass is 35.5. The number of benzene rings is 2. The van der Waals surface area contributed by atoms with E-state index in [1.807, 2.05) is 29.6 Å². The van der Waals surface area contributed by atoms with Crippen LogP contribution in [0.4, 0.5) is 13.2 Å². The fourth-order valence-electron chi connectivity index (χ4n) is 6.23. The molecule has 2 aliphatic heterocycles. The molecule has 2 fully saturated rings. The summed E-state index contributed by atoms with van der Waals surface area (Å²) in [6.45, 7) is 0. The van der Waals surface area contributed by atoms with Crippen molar-refractivity contribution in [2.75, 3.05) is 7.11 Å². The van der Waals surface area contributed by atoms with Crippen molar-refractivity contribution in [2.24, 2.45) is 0 Å². The van der Waals surface area contributed by atoms with Crippen LogP contribution in [0, 0.1) is 0 Å². The summed E-state index contributed by atoms with van der Waals surface area (Å²) < 4.78 is 72.5. The van der Waals surface area contributed by atoms with Gasteiger partial charge in [-0.3, -0.25) is 0 Å². The summed E-state index contributed by atoms with van der Waals surface area (Å²) in [6.07, 6.45) is 2.56. The predicted octanol–water partition coefficient (Wildman–Crippen LogP) is 6.13. The molecule has 8 nitrogen and oxygen atoms in total. The molecule has 6 rings (SSSR count). The molecule has 0 spiro atoms. The topological polar surface area (TPSA) is 94.4 Å². The maximum absolute atomic E-state index is 13.5. The Bertz CT molecular complexity index is 1690. The smallest absolute Gasteiger partial charge is 0.463 e. The SMILES string of the molecule is COC(=O)c1nc2ccc(C(c3ccc(Cl)cc3)c3nccs3)cc2n1C1CC2CCC(C1)N2S(=O)(=O)C(F)(F)F. The van der Waals surface area contributed by atoms with Crippen molar-refractivity contribution in [3.63, 3.8) is 0 Å². The van der Waals surface area contributed by atoms with E-state index in [-0.39, 0.29) is 24.6 Å². The number of carbonyl (C=O) groups excluding carboxylic acids is 1. The van der Waals surface area contributed by atoms with Crippen LogP contribution in [0.15, 0.2) is 54.0 Å². The molecule has 4 heterocycles. The van der Waals surface area contributed by atoms with Crippen LogP contribution < -0.4 is 0 Å². The first-order valence-electron chi connectivity index (χ1n) is 12.8. The standard InChI is InChI=1S/C27H24ClF3N4O4S2/c1-39-26(36)24-33-21-9-4-16(23(25-32-10-11-40-25)15-2-5-17(28)6-3-15)12-22(21)34(24)20-13-18-7-8-19(14-20)35(18)41(37,38)27(29,30)31/h2-6,9-12,18-20,23H,7-8,13-14H2,1H3. The molecule has 41 heavy (non-hydrogen) atoms. The fourth-order valence-corrected chi connectivity index (χ4v) is 8.56. The van der Waals surface area contributed by atoms with E-state index in [2.05, 4.69) is 9.97 Å². The quantitative estimate of drug-likeness (QED) is 0.240. The Morgan fingerprint density at radius 2 is 1.73 bits per heavy atom. The number of ether oxygens (including phenoxy) is 1. The molecule has 3 unspecified atom stereocenters. The van der Waals surface area contributed by atoms with Gasteiger partial charge in [0.05, 0.1) is 24.1 Å². The molecule has 14 heteroatoms. The normalized spacial score (nSPS) is 22.2. The number of methoxy groups -OCH3 is 1. The van der Waals surface area contributed by atoms with Crippen molar-refractivity contribution in [2.45, 2.75) is 55.2 Å². The van der Waals surface area contributed by atoms with E-state index in [0.717, 1.165) is 16.1 Å². The van der Waals surface area contributed by atoms with Crippen molar-refractivity contribution >= 4 is 50.0 Å². The summed E-state index contributed by atoms with van der Waals surface area (Å²) in [5, 5.41) is 3.32. The molecule has 2 bridgehead atoms. The van der Waals surface area contributed by atoms with Crippen molar-refractivity contribution < 1.29 is 31.1 Å². The molecule has 2 aromatic carbocycles. The summed E-state index contributed by atoms with van der Waals surface area (Å²) in [4.78, 5) is 21.9. The largest absolute Gasteiger partial charge is 0.511 e. The van der Waals surface area contributed by atoms with Crippen molar-refractivity contribution in [1.29, 1.82) is 0 Å². The molecular formula is C27H24ClF3N4O4S2. The number of alkyl halides is 3. The minimum Gasteiger partial charge on any atom is -0.463 e. The highest BCUT2D eigenvalue weighted by Crippen LogP contribution is 2.47. The maximum atomic E-state index is 13.5. The Hall–Kier alpha value is -3.00. The molecular weight excluding hydrogens is 601 g/mol. The van der Waals surface area contributed by atoms with Gasteiger partial charge in [0.2, 0.25) is 5.82 Å². The maximum Gasteiger partial charge on any atom is 0.511 e. The van der Waals surface area contributed by atoms with Gasteiger partial charge in [0, 0.05) is 34.7 Å². The van der Waals surface area contributed by atoms with Crippen molar-refractivity contribution in [3.8, 4) is 0 Å². The molecule has 216 valence electrons. The molecule has 2 aliphatic rings. The molecule has 2 aromatic heterocycles. The monoisotopic (exact) mass is 624 g/mol. The molecule has 0 amide bonds. The van der Waals surface area contributed by atoms with E-state index in [0.29, 0.717) is 33.2 Å². The molecule has 0 N–H and O–H groups in total. The summed E-state index contributed by atoms with van der Waals surface area (Å²) in [5.74, 6) is -0.917. The molecule has 3 atom stereocenters. The number of thiazole rings is 1. The number of aromatic nitrogens is 3. The van der Waals surface area contributed by atoms with E-state index >= 15 is 0 Å². The van der Waals surface area contributed by atoms with E-state index in [9.17, 15) is 26.4 Å². The minimum absolute atomic E-state index is 0.0217. The Morgan fingerprint density at radius 3 is 2.32 bits per heavy atom. The van der Waals surface area contributed by atoms with Crippen LogP contribution >= 0.6 is 22.9 Å².